The number of aryl methyl sites for hydroxylation is 1. The molecular weight excluding hydrogens is 345 g/mol. The van der Waals surface area contributed by atoms with Gasteiger partial charge < -0.3 is 9.72 Å². The van der Waals surface area contributed by atoms with Crippen molar-refractivity contribution < 1.29 is 4.79 Å². The average Bonchev–Trinajstić information content (AvgIpc) is 2.96. The van der Waals surface area contributed by atoms with E-state index in [1.54, 1.807) is 18.2 Å². The molecule has 122 valence electrons. The van der Waals surface area contributed by atoms with Crippen molar-refractivity contribution in [1.29, 1.82) is 0 Å². The van der Waals surface area contributed by atoms with Crippen LogP contribution in [0.5, 0.6) is 0 Å². The van der Waals surface area contributed by atoms with Gasteiger partial charge in [-0.15, -0.1) is 0 Å². The van der Waals surface area contributed by atoms with E-state index in [-0.39, 0.29) is 11.8 Å². The van der Waals surface area contributed by atoms with Crippen LogP contribution in [0.25, 0.3) is 5.65 Å². The van der Waals surface area contributed by atoms with E-state index in [4.69, 9.17) is 23.2 Å². The number of fused-ring (bicyclic) bond motifs is 3. The second-order valence-corrected chi connectivity index (χ2v) is 6.81. The van der Waals surface area contributed by atoms with Crippen LogP contribution in [0.3, 0.4) is 0 Å². The largest absolute Gasteiger partial charge is 0.326 e. The highest BCUT2D eigenvalue weighted by Gasteiger charge is 2.28. The number of rotatable bonds is 2. The Hall–Kier alpha value is -2.04. The first-order valence-electron chi connectivity index (χ1n) is 7.82. The van der Waals surface area contributed by atoms with Crippen LogP contribution in [-0.4, -0.2) is 15.3 Å². The van der Waals surface area contributed by atoms with Gasteiger partial charge in [-0.05, 0) is 43.2 Å². The van der Waals surface area contributed by atoms with Crippen molar-refractivity contribution in [2.45, 2.75) is 19.3 Å². The summed E-state index contributed by atoms with van der Waals surface area (Å²) in [5, 5.41) is 3.85. The number of nitrogens with one attached hydrogen (secondary N) is 1. The van der Waals surface area contributed by atoms with Gasteiger partial charge in [-0.2, -0.15) is 0 Å². The highest BCUT2D eigenvalue weighted by molar-refractivity contribution is 6.42. The van der Waals surface area contributed by atoms with Crippen molar-refractivity contribution in [2.75, 3.05) is 5.32 Å². The number of nitrogens with zero attached hydrogens (tertiary/aromatic N) is 2. The minimum Gasteiger partial charge on any atom is -0.326 e. The number of halogens is 2. The van der Waals surface area contributed by atoms with Gasteiger partial charge in [0.15, 0.2) is 0 Å². The molecule has 3 aromatic rings. The molecular formula is C18H15Cl2N3O. The van der Waals surface area contributed by atoms with Gasteiger partial charge in [-0.25, -0.2) is 4.98 Å². The Morgan fingerprint density at radius 1 is 1.21 bits per heavy atom. The second-order valence-electron chi connectivity index (χ2n) is 5.99. The number of aromatic nitrogens is 2. The lowest BCUT2D eigenvalue weighted by atomic mass is 9.89. The maximum absolute atomic E-state index is 12.6. The summed E-state index contributed by atoms with van der Waals surface area (Å²) in [6.07, 6.45) is 4.30. The van der Waals surface area contributed by atoms with Crippen molar-refractivity contribution in [3.63, 3.8) is 0 Å². The quantitative estimate of drug-likeness (QED) is 0.737. The Morgan fingerprint density at radius 3 is 2.92 bits per heavy atom. The molecule has 0 bridgehead atoms. The highest BCUT2D eigenvalue weighted by atomic mass is 35.5. The van der Waals surface area contributed by atoms with Crippen molar-refractivity contribution in [3.8, 4) is 0 Å². The second kappa shape index (κ2) is 6.11. The number of carbonyl (C=O) groups is 1. The maximum Gasteiger partial charge on any atom is 0.227 e. The van der Waals surface area contributed by atoms with Gasteiger partial charge in [-0.3, -0.25) is 4.79 Å². The van der Waals surface area contributed by atoms with Crippen LogP contribution in [0, 0.1) is 5.92 Å². The number of pyridine rings is 1. The molecule has 1 atom stereocenters. The number of benzene rings is 1. The van der Waals surface area contributed by atoms with E-state index in [1.807, 2.05) is 24.4 Å². The van der Waals surface area contributed by atoms with Crippen LogP contribution < -0.4 is 5.32 Å². The first kappa shape index (κ1) is 15.5. The summed E-state index contributed by atoms with van der Waals surface area (Å²) in [6, 6.07) is 11.1. The molecule has 0 aliphatic heterocycles. The maximum atomic E-state index is 12.6. The predicted octanol–water partition coefficient (Wildman–Crippen LogP) is 4.38. The fourth-order valence-electron chi connectivity index (χ4n) is 3.20. The lowest BCUT2D eigenvalue weighted by Gasteiger charge is -2.21. The molecule has 24 heavy (non-hydrogen) atoms. The van der Waals surface area contributed by atoms with Crippen LogP contribution in [0.2, 0.25) is 10.0 Å². The standard InChI is InChI=1S/C18H15Cl2N3O/c19-13-6-5-12(10-14(13)20)21-18(24)11-4-7-15-16(9-11)23-8-2-1-3-17(23)22-15/h1-3,5-6,8,10-11H,4,7,9H2,(H,21,24). The summed E-state index contributed by atoms with van der Waals surface area (Å²) in [4.78, 5) is 17.3. The van der Waals surface area contributed by atoms with Crippen molar-refractivity contribution in [2.24, 2.45) is 5.92 Å². The van der Waals surface area contributed by atoms with E-state index in [2.05, 4.69) is 14.7 Å². The van der Waals surface area contributed by atoms with Gasteiger partial charge in [-0.1, -0.05) is 29.3 Å². The third-order valence-electron chi connectivity index (χ3n) is 4.44. The lowest BCUT2D eigenvalue weighted by molar-refractivity contribution is -0.120. The lowest BCUT2D eigenvalue weighted by Crippen LogP contribution is -2.28. The molecule has 0 radical (unpaired) electrons. The first-order chi connectivity index (χ1) is 11.6. The molecule has 2 aromatic heterocycles. The molecule has 0 fully saturated rings. The van der Waals surface area contributed by atoms with Gasteiger partial charge in [0.2, 0.25) is 5.91 Å². The highest BCUT2D eigenvalue weighted by Crippen LogP contribution is 2.29. The van der Waals surface area contributed by atoms with Crippen LogP contribution in [-0.2, 0) is 17.6 Å². The fraction of sp³-hybridized carbons (Fsp3) is 0.222. The molecule has 0 saturated heterocycles. The minimum absolute atomic E-state index is 0.00456. The molecule has 4 rings (SSSR count). The minimum atomic E-state index is -0.0768. The smallest absolute Gasteiger partial charge is 0.227 e. The van der Waals surface area contributed by atoms with Gasteiger partial charge in [0, 0.05) is 29.9 Å². The molecule has 4 nitrogen and oxygen atoms in total. The van der Waals surface area contributed by atoms with Crippen molar-refractivity contribution >= 4 is 40.4 Å². The van der Waals surface area contributed by atoms with Crippen LogP contribution in [0.4, 0.5) is 5.69 Å². The molecule has 2 heterocycles. The molecule has 1 N–H and O–H groups in total. The van der Waals surface area contributed by atoms with E-state index < -0.39 is 0 Å². The SMILES string of the molecule is O=C(Nc1ccc(Cl)c(Cl)c1)C1CCc2nc3ccccn3c2C1. The zero-order valence-electron chi connectivity index (χ0n) is 12.8. The average molecular weight is 360 g/mol. The van der Waals surface area contributed by atoms with Crippen LogP contribution >= 0.6 is 23.2 Å². The third-order valence-corrected chi connectivity index (χ3v) is 5.18. The van der Waals surface area contributed by atoms with E-state index in [0.717, 1.165) is 29.9 Å². The predicted molar refractivity (Wildman–Crippen MR) is 95.8 cm³/mol. The van der Waals surface area contributed by atoms with Crippen LogP contribution in [0.1, 0.15) is 17.8 Å². The fourth-order valence-corrected chi connectivity index (χ4v) is 3.50. The molecule has 6 heteroatoms. The van der Waals surface area contributed by atoms with Crippen LogP contribution in [0.15, 0.2) is 42.6 Å². The Balaban J connectivity index is 1.55. The number of imidazole rings is 1. The molecule has 1 aromatic carbocycles. The zero-order chi connectivity index (χ0) is 16.7. The first-order valence-corrected chi connectivity index (χ1v) is 8.58. The number of carbonyl (C=O) groups excluding carboxylic acids is 1. The number of anilines is 1. The van der Waals surface area contributed by atoms with Gasteiger partial charge in [0.1, 0.15) is 5.65 Å². The summed E-state index contributed by atoms with van der Waals surface area (Å²) in [7, 11) is 0. The van der Waals surface area contributed by atoms with E-state index in [0.29, 0.717) is 22.2 Å². The summed E-state index contributed by atoms with van der Waals surface area (Å²) >= 11 is 11.9. The Bertz CT molecular complexity index is 935. The Labute approximate surface area is 149 Å². The monoisotopic (exact) mass is 359 g/mol. The Kier molecular flexibility index (Phi) is 3.94. The zero-order valence-corrected chi connectivity index (χ0v) is 14.3. The molecule has 1 aliphatic rings. The number of hydrogen-bond donors (Lipinski definition) is 1. The molecule has 1 aliphatic carbocycles. The van der Waals surface area contributed by atoms with E-state index in [1.165, 1.54) is 0 Å². The van der Waals surface area contributed by atoms with Crippen molar-refractivity contribution in [3.05, 3.63) is 64.0 Å². The van der Waals surface area contributed by atoms with E-state index in [9.17, 15) is 4.79 Å². The van der Waals surface area contributed by atoms with Crippen molar-refractivity contribution in [1.82, 2.24) is 9.38 Å². The topological polar surface area (TPSA) is 46.4 Å². The molecule has 1 amide bonds. The summed E-state index contributed by atoms with van der Waals surface area (Å²) in [5.41, 5.74) is 3.83. The summed E-state index contributed by atoms with van der Waals surface area (Å²) in [6.45, 7) is 0. The Morgan fingerprint density at radius 2 is 2.08 bits per heavy atom. The normalized spacial score (nSPS) is 16.8. The number of hydrogen-bond acceptors (Lipinski definition) is 2. The van der Waals surface area contributed by atoms with E-state index >= 15 is 0 Å². The summed E-state index contributed by atoms with van der Waals surface area (Å²) < 4.78 is 2.08. The summed E-state index contributed by atoms with van der Waals surface area (Å²) in [5.74, 6) is -0.0722. The third kappa shape index (κ3) is 2.76. The van der Waals surface area contributed by atoms with Gasteiger partial charge in [0.05, 0.1) is 15.7 Å². The molecule has 0 spiro atoms. The van der Waals surface area contributed by atoms with Gasteiger partial charge >= 0.3 is 0 Å². The number of amides is 1. The molecule has 1 unspecified atom stereocenters. The molecule has 0 saturated carbocycles. The van der Waals surface area contributed by atoms with Gasteiger partial charge in [0.25, 0.3) is 0 Å².